The molecular weight excluding hydrogens is 234 g/mol. The van der Waals surface area contributed by atoms with Crippen LogP contribution in [-0.4, -0.2) is 30.0 Å². The van der Waals surface area contributed by atoms with E-state index in [0.717, 1.165) is 0 Å². The van der Waals surface area contributed by atoms with Crippen LogP contribution in [0, 0.1) is 0 Å². The van der Waals surface area contributed by atoms with Crippen LogP contribution in [0.5, 0.6) is 0 Å². The molecule has 0 bridgehead atoms. The first-order valence-corrected chi connectivity index (χ1v) is 3.24. The van der Waals surface area contributed by atoms with E-state index < -0.39 is 36.8 Å². The molecule has 0 atom stereocenters. The molecule has 88 valence electrons. The second kappa shape index (κ2) is 4.41. The fourth-order valence-corrected chi connectivity index (χ4v) is 0.388. The van der Waals surface area contributed by atoms with E-state index in [4.69, 9.17) is 5.11 Å². The Morgan fingerprint density at radius 3 is 2.00 bits per heavy atom. The Hall–Kier alpha value is -1.41. The number of halogens is 6. The maximum absolute atomic E-state index is 11.5. The van der Waals surface area contributed by atoms with E-state index in [1.54, 1.807) is 0 Å². The van der Waals surface area contributed by atoms with Crippen LogP contribution in [0.2, 0.25) is 0 Å². The highest BCUT2D eigenvalue weighted by molar-refractivity contribution is 5.82. The maximum atomic E-state index is 11.5. The molecule has 0 fully saturated rings. The van der Waals surface area contributed by atoms with Crippen LogP contribution in [-0.2, 0) is 9.53 Å². The van der Waals surface area contributed by atoms with E-state index in [2.05, 4.69) is 4.74 Å². The topological polar surface area (TPSA) is 46.5 Å². The van der Waals surface area contributed by atoms with Gasteiger partial charge in [0.1, 0.15) is 0 Å². The van der Waals surface area contributed by atoms with Gasteiger partial charge < -0.3 is 9.84 Å². The van der Waals surface area contributed by atoms with E-state index in [1.165, 1.54) is 0 Å². The maximum Gasteiger partial charge on any atom is 0.448 e. The number of hydrogen-bond donors (Lipinski definition) is 1. The number of allylic oxidation sites excluding steroid dienone is 1. The van der Waals surface area contributed by atoms with Crippen LogP contribution in [0.15, 0.2) is 11.8 Å². The summed E-state index contributed by atoms with van der Waals surface area (Å²) in [5.74, 6) is -4.25. The number of aliphatic hydroxyl groups is 1. The van der Waals surface area contributed by atoms with Crippen LogP contribution in [0.1, 0.15) is 0 Å². The number of carbonyl (C=O) groups is 1. The van der Waals surface area contributed by atoms with E-state index in [9.17, 15) is 31.1 Å². The summed E-state index contributed by atoms with van der Waals surface area (Å²) >= 11 is 0. The van der Waals surface area contributed by atoms with Crippen molar-refractivity contribution in [2.75, 3.05) is 6.61 Å². The van der Waals surface area contributed by atoms with Crippen LogP contribution in [0.4, 0.5) is 26.3 Å². The summed E-state index contributed by atoms with van der Waals surface area (Å²) in [6, 6.07) is 0. The van der Waals surface area contributed by atoms with Gasteiger partial charge >= 0.3 is 18.3 Å². The third kappa shape index (κ3) is 6.63. The van der Waals surface area contributed by atoms with Gasteiger partial charge in [-0.3, -0.25) is 0 Å². The molecule has 0 heterocycles. The van der Waals surface area contributed by atoms with Gasteiger partial charge in [-0.15, -0.1) is 0 Å². The lowest BCUT2D eigenvalue weighted by atomic mass is 10.4. The Labute approximate surface area is 78.9 Å². The molecule has 9 heteroatoms. The summed E-state index contributed by atoms with van der Waals surface area (Å²) in [4.78, 5) is 10.3. The summed E-state index contributed by atoms with van der Waals surface area (Å²) < 4.78 is 72.2. The first-order valence-electron chi connectivity index (χ1n) is 3.24. The van der Waals surface area contributed by atoms with Crippen LogP contribution in [0.25, 0.3) is 0 Å². The van der Waals surface area contributed by atoms with Crippen molar-refractivity contribution in [2.45, 2.75) is 12.4 Å². The van der Waals surface area contributed by atoms with Crippen molar-refractivity contribution in [1.29, 1.82) is 0 Å². The van der Waals surface area contributed by atoms with Gasteiger partial charge in [0.05, 0.1) is 6.08 Å². The Morgan fingerprint density at radius 2 is 1.67 bits per heavy atom. The van der Waals surface area contributed by atoms with Crippen molar-refractivity contribution >= 4 is 5.97 Å². The summed E-state index contributed by atoms with van der Waals surface area (Å²) in [5, 5.41) is 8.14. The molecule has 3 nitrogen and oxygen atoms in total. The number of carbonyl (C=O) groups excluding carboxylic acids is 1. The third-order valence-electron chi connectivity index (χ3n) is 0.923. The molecule has 0 unspecified atom stereocenters. The average Bonchev–Trinajstić information content (AvgIpc) is 1.97. The van der Waals surface area contributed by atoms with Crippen molar-refractivity contribution in [3.8, 4) is 0 Å². The highest BCUT2D eigenvalue weighted by atomic mass is 19.4. The smallest absolute Gasteiger partial charge is 0.448 e. The van der Waals surface area contributed by atoms with Gasteiger partial charge in [-0.2, -0.15) is 26.3 Å². The SMILES string of the molecule is O=C(/C=C(\O)C(F)(F)F)OCC(F)(F)F. The number of aliphatic hydroxyl groups excluding tert-OH is 1. The van der Waals surface area contributed by atoms with Gasteiger partial charge in [0.2, 0.25) is 5.76 Å². The van der Waals surface area contributed by atoms with Crippen molar-refractivity contribution in [3.05, 3.63) is 11.8 Å². The molecule has 0 radical (unpaired) electrons. The summed E-state index contributed by atoms with van der Waals surface area (Å²) in [6.45, 7) is -2.02. The van der Waals surface area contributed by atoms with Crippen molar-refractivity contribution in [1.82, 2.24) is 0 Å². The largest absolute Gasteiger partial charge is 0.504 e. The van der Waals surface area contributed by atoms with Gasteiger partial charge in [-0.05, 0) is 0 Å². The molecule has 0 saturated carbocycles. The van der Waals surface area contributed by atoms with Crippen LogP contribution in [0.3, 0.4) is 0 Å². The van der Waals surface area contributed by atoms with Gasteiger partial charge in [0.25, 0.3) is 0 Å². The van der Waals surface area contributed by atoms with Crippen molar-refractivity contribution in [2.24, 2.45) is 0 Å². The molecule has 0 aliphatic rings. The third-order valence-corrected chi connectivity index (χ3v) is 0.923. The molecule has 0 aromatic heterocycles. The first kappa shape index (κ1) is 13.6. The number of hydrogen-bond acceptors (Lipinski definition) is 3. The molecule has 0 aromatic carbocycles. The molecule has 15 heavy (non-hydrogen) atoms. The van der Waals surface area contributed by atoms with Crippen molar-refractivity contribution < 1.29 is 41.0 Å². The zero-order chi connectivity index (χ0) is 12.3. The van der Waals surface area contributed by atoms with Crippen LogP contribution >= 0.6 is 0 Å². The second-order valence-electron chi connectivity index (χ2n) is 2.25. The number of rotatable bonds is 2. The summed E-state index contributed by atoms with van der Waals surface area (Å²) in [6.07, 6.45) is -10.5. The summed E-state index contributed by atoms with van der Waals surface area (Å²) in [5.41, 5.74) is 0. The lowest BCUT2D eigenvalue weighted by Crippen LogP contribution is -2.20. The molecule has 0 spiro atoms. The standard InChI is InChI=1S/C6H4F6O3/c7-5(8,9)2-15-4(14)1-3(13)6(10,11)12/h1,13H,2H2/b3-1-. The molecule has 0 aromatic rings. The van der Waals surface area contributed by atoms with Crippen molar-refractivity contribution in [3.63, 3.8) is 0 Å². The number of esters is 1. The molecule has 0 aliphatic carbocycles. The second-order valence-corrected chi connectivity index (χ2v) is 2.25. The Morgan fingerprint density at radius 1 is 1.20 bits per heavy atom. The van der Waals surface area contributed by atoms with Gasteiger partial charge in [0, 0.05) is 0 Å². The normalized spacial score (nSPS) is 13.9. The zero-order valence-electron chi connectivity index (χ0n) is 6.82. The fourth-order valence-electron chi connectivity index (χ4n) is 0.388. The predicted molar refractivity (Wildman–Crippen MR) is 33.8 cm³/mol. The zero-order valence-corrected chi connectivity index (χ0v) is 6.82. The van der Waals surface area contributed by atoms with E-state index in [0.29, 0.717) is 0 Å². The first-order chi connectivity index (χ1) is 6.52. The quantitative estimate of drug-likeness (QED) is 0.347. The Kier molecular flexibility index (Phi) is 3.99. The van der Waals surface area contributed by atoms with Gasteiger partial charge in [0.15, 0.2) is 6.61 Å². The lowest BCUT2D eigenvalue weighted by Gasteiger charge is -2.07. The number of ether oxygens (including phenoxy) is 1. The van der Waals surface area contributed by atoms with Crippen LogP contribution < -0.4 is 0 Å². The summed E-state index contributed by atoms with van der Waals surface area (Å²) in [7, 11) is 0. The molecule has 0 amide bonds. The highest BCUT2D eigenvalue weighted by Gasteiger charge is 2.35. The minimum absolute atomic E-state index is 0.480. The minimum atomic E-state index is -5.20. The average molecular weight is 238 g/mol. The predicted octanol–water partition coefficient (Wildman–Crippen LogP) is 2.10. The highest BCUT2D eigenvalue weighted by Crippen LogP contribution is 2.23. The Bertz CT molecular complexity index is 263. The lowest BCUT2D eigenvalue weighted by molar-refractivity contribution is -0.183. The van der Waals surface area contributed by atoms with E-state index in [-0.39, 0.29) is 0 Å². The fraction of sp³-hybridized carbons (Fsp3) is 0.500. The van der Waals surface area contributed by atoms with E-state index >= 15 is 0 Å². The Balaban J connectivity index is 4.27. The molecule has 0 saturated heterocycles. The monoisotopic (exact) mass is 238 g/mol. The number of alkyl halides is 6. The minimum Gasteiger partial charge on any atom is -0.504 e. The molecular formula is C6H4F6O3. The molecule has 1 N–H and O–H groups in total. The molecule has 0 rings (SSSR count). The van der Waals surface area contributed by atoms with Gasteiger partial charge in [-0.25, -0.2) is 4.79 Å². The van der Waals surface area contributed by atoms with E-state index in [1.807, 2.05) is 0 Å². The van der Waals surface area contributed by atoms with Gasteiger partial charge in [-0.1, -0.05) is 0 Å². The molecule has 0 aliphatic heterocycles.